The number of ether oxygens (including phenoxy) is 1. The third kappa shape index (κ3) is 4.76. The van der Waals surface area contributed by atoms with Crippen molar-refractivity contribution in [2.24, 2.45) is 0 Å². The number of anilines is 1. The number of nitrogens with one attached hydrogen (secondary N) is 1. The van der Waals surface area contributed by atoms with Crippen molar-refractivity contribution >= 4 is 17.3 Å². The van der Waals surface area contributed by atoms with Gasteiger partial charge in [0.1, 0.15) is 5.75 Å². The maximum Gasteiger partial charge on any atom is 0.461 e. The third-order valence-electron chi connectivity index (χ3n) is 2.09. The van der Waals surface area contributed by atoms with E-state index in [4.69, 9.17) is 11.6 Å². The normalized spacial score (nSPS) is 13.4. The van der Waals surface area contributed by atoms with Crippen LogP contribution >= 0.6 is 11.6 Å². The molecule has 1 aromatic rings. The van der Waals surface area contributed by atoms with E-state index in [1.807, 2.05) is 0 Å². The van der Waals surface area contributed by atoms with Crippen molar-refractivity contribution < 1.29 is 27.4 Å². The van der Waals surface area contributed by atoms with Gasteiger partial charge in [0.05, 0.1) is 17.7 Å². The molecule has 0 aliphatic heterocycles. The second-order valence-electron chi connectivity index (χ2n) is 3.65. The topological polar surface area (TPSA) is 41.5 Å². The molecule has 108 valence electrons. The number of benzene rings is 1. The van der Waals surface area contributed by atoms with Gasteiger partial charge in [-0.2, -0.15) is 17.6 Å². The van der Waals surface area contributed by atoms with Gasteiger partial charge in [-0.1, -0.05) is 12.1 Å². The molecular formula is C11H12ClF4NO2. The molecule has 0 heterocycles. The van der Waals surface area contributed by atoms with Gasteiger partial charge in [-0.3, -0.25) is 0 Å². The van der Waals surface area contributed by atoms with E-state index in [1.165, 1.54) is 18.2 Å². The summed E-state index contributed by atoms with van der Waals surface area (Å²) in [6.07, 6.45) is -9.41. The van der Waals surface area contributed by atoms with Gasteiger partial charge in [-0.15, -0.1) is 11.6 Å². The summed E-state index contributed by atoms with van der Waals surface area (Å²) in [5, 5.41) is 11.8. The smallest absolute Gasteiger partial charge is 0.426 e. The number of aliphatic hydroxyl groups excluding tert-OH is 1. The molecule has 19 heavy (non-hydrogen) atoms. The molecule has 8 heteroatoms. The first-order valence-electron chi connectivity index (χ1n) is 5.28. The standard InChI is InChI=1S/C11H12ClF4NO2/c12-5-7(18)6-17-8-3-1-2-4-9(8)19-11(15,16)10(13)14/h1-4,7,10,17-18H,5-6H2. The molecule has 3 nitrogen and oxygen atoms in total. The zero-order valence-electron chi connectivity index (χ0n) is 9.62. The lowest BCUT2D eigenvalue weighted by molar-refractivity contribution is -0.252. The molecule has 0 saturated heterocycles. The van der Waals surface area contributed by atoms with Crippen molar-refractivity contribution in [3.63, 3.8) is 0 Å². The summed E-state index contributed by atoms with van der Waals surface area (Å²) in [5.41, 5.74) is 0.0620. The number of para-hydroxylation sites is 2. The second-order valence-corrected chi connectivity index (χ2v) is 3.96. The highest BCUT2D eigenvalue weighted by Crippen LogP contribution is 2.32. The van der Waals surface area contributed by atoms with E-state index >= 15 is 0 Å². The van der Waals surface area contributed by atoms with Crippen LogP contribution in [-0.4, -0.2) is 36.2 Å². The Morgan fingerprint density at radius 2 is 1.95 bits per heavy atom. The largest absolute Gasteiger partial charge is 0.461 e. The number of hydrogen-bond acceptors (Lipinski definition) is 3. The summed E-state index contributed by atoms with van der Waals surface area (Å²) in [5.74, 6) is -0.488. The fourth-order valence-electron chi connectivity index (χ4n) is 1.18. The Morgan fingerprint density at radius 3 is 2.53 bits per heavy atom. The van der Waals surface area contributed by atoms with Crippen LogP contribution in [0.1, 0.15) is 0 Å². The third-order valence-corrected chi connectivity index (χ3v) is 2.45. The van der Waals surface area contributed by atoms with Crippen molar-refractivity contribution in [3.8, 4) is 5.75 Å². The molecule has 0 saturated carbocycles. The van der Waals surface area contributed by atoms with Crippen LogP contribution in [0, 0.1) is 0 Å². The minimum atomic E-state index is -4.58. The van der Waals surface area contributed by atoms with E-state index in [9.17, 15) is 22.7 Å². The number of halogens is 5. The van der Waals surface area contributed by atoms with Gasteiger partial charge in [0.15, 0.2) is 0 Å². The van der Waals surface area contributed by atoms with Crippen LogP contribution in [-0.2, 0) is 0 Å². The Bertz CT molecular complexity index is 406. The van der Waals surface area contributed by atoms with Crippen LogP contribution < -0.4 is 10.1 Å². The van der Waals surface area contributed by atoms with Crippen LogP contribution in [0.25, 0.3) is 0 Å². The van der Waals surface area contributed by atoms with E-state index in [0.29, 0.717) is 0 Å². The molecule has 2 N–H and O–H groups in total. The fourth-order valence-corrected chi connectivity index (χ4v) is 1.28. The minimum Gasteiger partial charge on any atom is -0.426 e. The molecule has 0 aliphatic carbocycles. The number of rotatable bonds is 7. The van der Waals surface area contributed by atoms with Crippen LogP contribution in [0.2, 0.25) is 0 Å². The number of aliphatic hydroxyl groups is 1. The first-order chi connectivity index (χ1) is 8.86. The van der Waals surface area contributed by atoms with Crippen LogP contribution in [0.3, 0.4) is 0 Å². The SMILES string of the molecule is OC(CCl)CNc1ccccc1OC(F)(F)C(F)F. The molecule has 1 unspecified atom stereocenters. The predicted octanol–water partition coefficient (Wildman–Crippen LogP) is 2.93. The monoisotopic (exact) mass is 301 g/mol. The zero-order chi connectivity index (χ0) is 14.5. The van der Waals surface area contributed by atoms with Crippen molar-refractivity contribution in [1.82, 2.24) is 0 Å². The van der Waals surface area contributed by atoms with Gasteiger partial charge in [0.25, 0.3) is 0 Å². The second kappa shape index (κ2) is 6.81. The van der Waals surface area contributed by atoms with Gasteiger partial charge in [-0.25, -0.2) is 0 Å². The van der Waals surface area contributed by atoms with Gasteiger partial charge < -0.3 is 15.2 Å². The van der Waals surface area contributed by atoms with E-state index in [0.717, 1.165) is 6.07 Å². The first kappa shape index (κ1) is 15.8. The maximum absolute atomic E-state index is 12.8. The number of hydrogen-bond donors (Lipinski definition) is 2. The van der Waals surface area contributed by atoms with Crippen LogP contribution in [0.5, 0.6) is 5.75 Å². The lowest BCUT2D eigenvalue weighted by Crippen LogP contribution is -2.33. The molecule has 0 aromatic heterocycles. The summed E-state index contributed by atoms with van der Waals surface area (Å²) in [6, 6.07) is 5.34. The molecule has 1 aromatic carbocycles. The molecule has 0 bridgehead atoms. The molecule has 0 aliphatic rings. The first-order valence-corrected chi connectivity index (χ1v) is 5.82. The van der Waals surface area contributed by atoms with Crippen molar-refractivity contribution in [1.29, 1.82) is 0 Å². The highest BCUT2D eigenvalue weighted by Gasteiger charge is 2.44. The summed E-state index contributed by atoms with van der Waals surface area (Å²) in [6.45, 7) is -0.0237. The average Bonchev–Trinajstić information content (AvgIpc) is 2.36. The van der Waals surface area contributed by atoms with E-state index < -0.39 is 24.4 Å². The molecule has 1 rings (SSSR count). The maximum atomic E-state index is 12.8. The number of alkyl halides is 5. The van der Waals surface area contributed by atoms with E-state index in [2.05, 4.69) is 10.1 Å². The lowest BCUT2D eigenvalue weighted by Gasteiger charge is -2.20. The van der Waals surface area contributed by atoms with Crippen LogP contribution in [0.4, 0.5) is 23.2 Å². The van der Waals surface area contributed by atoms with Crippen molar-refractivity contribution in [3.05, 3.63) is 24.3 Å². The molecular weight excluding hydrogens is 290 g/mol. The molecule has 0 spiro atoms. The van der Waals surface area contributed by atoms with E-state index in [-0.39, 0.29) is 18.1 Å². The Labute approximate surface area is 112 Å². The van der Waals surface area contributed by atoms with Gasteiger partial charge in [-0.05, 0) is 12.1 Å². The quantitative estimate of drug-likeness (QED) is 0.601. The van der Waals surface area contributed by atoms with Crippen molar-refractivity contribution in [2.75, 3.05) is 17.7 Å². The Kier molecular flexibility index (Phi) is 5.68. The Morgan fingerprint density at radius 1 is 1.32 bits per heavy atom. The molecule has 1 atom stereocenters. The highest BCUT2D eigenvalue weighted by molar-refractivity contribution is 6.18. The van der Waals surface area contributed by atoms with Gasteiger partial charge in [0.2, 0.25) is 0 Å². The summed E-state index contributed by atoms with van der Waals surface area (Å²) >= 11 is 5.37. The molecule has 0 amide bonds. The Balaban J connectivity index is 2.78. The average molecular weight is 302 g/mol. The molecule has 0 radical (unpaired) electrons. The predicted molar refractivity (Wildman–Crippen MR) is 63.2 cm³/mol. The highest BCUT2D eigenvalue weighted by atomic mass is 35.5. The Hall–Kier alpha value is -1.21. The lowest BCUT2D eigenvalue weighted by atomic mass is 10.2. The summed E-state index contributed by atoms with van der Waals surface area (Å²) in [4.78, 5) is 0. The molecule has 0 fully saturated rings. The summed E-state index contributed by atoms with van der Waals surface area (Å²) < 4.78 is 53.7. The van der Waals surface area contributed by atoms with Crippen LogP contribution in [0.15, 0.2) is 24.3 Å². The van der Waals surface area contributed by atoms with Crippen molar-refractivity contribution in [2.45, 2.75) is 18.6 Å². The summed E-state index contributed by atoms with van der Waals surface area (Å²) in [7, 11) is 0. The van der Waals surface area contributed by atoms with E-state index in [1.54, 1.807) is 0 Å². The zero-order valence-corrected chi connectivity index (χ0v) is 10.4. The fraction of sp³-hybridized carbons (Fsp3) is 0.455. The minimum absolute atomic E-state index is 0.0237. The van der Waals surface area contributed by atoms with Gasteiger partial charge in [0, 0.05) is 6.54 Å². The van der Waals surface area contributed by atoms with Gasteiger partial charge >= 0.3 is 12.5 Å².